The lowest BCUT2D eigenvalue weighted by molar-refractivity contribution is -0.140. The maximum Gasteiger partial charge on any atom is 0.233 e. The predicted octanol–water partition coefficient (Wildman–Crippen LogP) is 0.214. The molecule has 0 aromatic carbocycles. The van der Waals surface area contributed by atoms with Gasteiger partial charge in [0.1, 0.15) is 0 Å². The molecule has 8 nitrogen and oxygen atoms in total. The molecule has 4 aliphatic rings. The Labute approximate surface area is 196 Å². The molecule has 0 spiro atoms. The first-order chi connectivity index (χ1) is 14.1. The van der Waals surface area contributed by atoms with Crippen molar-refractivity contribution in [1.82, 2.24) is 25.3 Å². The quantitative estimate of drug-likeness (QED) is 0.168. The van der Waals surface area contributed by atoms with Crippen LogP contribution in [0.3, 0.4) is 0 Å². The van der Waals surface area contributed by atoms with Crippen molar-refractivity contribution in [3.05, 3.63) is 12.2 Å². The van der Waals surface area contributed by atoms with Crippen molar-refractivity contribution in [2.75, 3.05) is 66.5 Å². The minimum atomic E-state index is -0.109. The van der Waals surface area contributed by atoms with Gasteiger partial charge in [0, 0.05) is 46.3 Å². The number of likely N-dealkylation sites (N-methyl/N-ethyl adjacent to an activating group) is 1. The molecular formula is C21H35IN6O2. The fourth-order valence-corrected chi connectivity index (χ4v) is 5.35. The van der Waals surface area contributed by atoms with Crippen molar-refractivity contribution >= 4 is 41.8 Å². The molecule has 2 amide bonds. The Morgan fingerprint density at radius 2 is 1.63 bits per heavy atom. The zero-order chi connectivity index (χ0) is 20.4. The van der Waals surface area contributed by atoms with Crippen LogP contribution in [0.25, 0.3) is 0 Å². The molecule has 2 aliphatic heterocycles. The first-order valence-electron chi connectivity index (χ1n) is 11.0. The SMILES string of the molecule is CN=C(NCCN1CCCN(C)CC1)NCCN1C(=O)C2C3C=CC(C3)C2C1=O.I. The largest absolute Gasteiger partial charge is 0.355 e. The molecule has 1 saturated carbocycles. The standard InChI is InChI=1S/C21H34N6O2.HI/c1-22-21(23-6-10-26-9-3-8-25(2)12-13-26)24-7-11-27-19(28)17-15-4-5-16(14-15)18(17)20(27)29;/h4-5,15-18H,3,6-14H2,1-2H3,(H2,22,23,24);1H. The van der Waals surface area contributed by atoms with Gasteiger partial charge >= 0.3 is 0 Å². The van der Waals surface area contributed by atoms with Crippen LogP contribution in [0.2, 0.25) is 0 Å². The first kappa shape index (κ1) is 23.5. The molecule has 2 saturated heterocycles. The smallest absolute Gasteiger partial charge is 0.233 e. The van der Waals surface area contributed by atoms with E-state index in [2.05, 4.69) is 44.6 Å². The van der Waals surface area contributed by atoms with E-state index in [0.717, 1.165) is 45.1 Å². The van der Waals surface area contributed by atoms with Gasteiger partial charge in [0.15, 0.2) is 5.96 Å². The summed E-state index contributed by atoms with van der Waals surface area (Å²) in [7, 11) is 3.92. The molecule has 2 heterocycles. The normalized spacial score (nSPS) is 31.7. The number of guanidine groups is 1. The van der Waals surface area contributed by atoms with Gasteiger partial charge in [-0.3, -0.25) is 19.5 Å². The van der Waals surface area contributed by atoms with Gasteiger partial charge in [-0.2, -0.15) is 0 Å². The number of aliphatic imine (C=N–C) groups is 1. The highest BCUT2D eigenvalue weighted by Crippen LogP contribution is 2.52. The fourth-order valence-electron chi connectivity index (χ4n) is 5.35. The Morgan fingerprint density at radius 3 is 2.27 bits per heavy atom. The van der Waals surface area contributed by atoms with Gasteiger partial charge in [0.05, 0.1) is 11.8 Å². The number of amides is 2. The van der Waals surface area contributed by atoms with Crippen molar-refractivity contribution in [2.24, 2.45) is 28.7 Å². The van der Waals surface area contributed by atoms with E-state index >= 15 is 0 Å². The summed E-state index contributed by atoms with van der Waals surface area (Å²) in [6.07, 6.45) is 6.45. The van der Waals surface area contributed by atoms with Crippen LogP contribution < -0.4 is 10.6 Å². The van der Waals surface area contributed by atoms with E-state index in [4.69, 9.17) is 0 Å². The van der Waals surface area contributed by atoms with Crippen LogP contribution in [0.1, 0.15) is 12.8 Å². The zero-order valence-corrected chi connectivity index (χ0v) is 20.4. The third kappa shape index (κ3) is 4.83. The molecule has 2 N–H and O–H groups in total. The molecule has 4 atom stereocenters. The Balaban J connectivity index is 0.00000256. The number of hydrogen-bond acceptors (Lipinski definition) is 5. The summed E-state index contributed by atoms with van der Waals surface area (Å²) >= 11 is 0. The lowest BCUT2D eigenvalue weighted by Crippen LogP contribution is -2.45. The third-order valence-electron chi connectivity index (χ3n) is 6.95. The van der Waals surface area contributed by atoms with E-state index < -0.39 is 0 Å². The highest BCUT2D eigenvalue weighted by Gasteiger charge is 2.58. The first-order valence-corrected chi connectivity index (χ1v) is 11.0. The number of imide groups is 1. The second kappa shape index (κ2) is 10.4. The number of rotatable bonds is 6. The summed E-state index contributed by atoms with van der Waals surface area (Å²) in [5.41, 5.74) is 0. The van der Waals surface area contributed by atoms with Gasteiger partial charge in [-0.25, -0.2) is 0 Å². The number of nitrogens with zero attached hydrogens (tertiary/aromatic N) is 4. The van der Waals surface area contributed by atoms with Gasteiger partial charge in [-0.15, -0.1) is 24.0 Å². The number of carbonyl (C=O) groups excluding carboxylic acids is 2. The van der Waals surface area contributed by atoms with E-state index in [1.165, 1.54) is 17.9 Å². The van der Waals surface area contributed by atoms with Crippen molar-refractivity contribution < 1.29 is 9.59 Å². The maximum absolute atomic E-state index is 12.7. The molecule has 0 aromatic rings. The van der Waals surface area contributed by atoms with Crippen molar-refractivity contribution in [1.29, 1.82) is 0 Å². The molecule has 4 unspecified atom stereocenters. The van der Waals surface area contributed by atoms with Crippen LogP contribution >= 0.6 is 24.0 Å². The molecule has 2 bridgehead atoms. The second-order valence-electron chi connectivity index (χ2n) is 8.75. The summed E-state index contributed by atoms with van der Waals surface area (Å²) < 4.78 is 0. The van der Waals surface area contributed by atoms with E-state index in [1.54, 1.807) is 7.05 Å². The van der Waals surface area contributed by atoms with Crippen LogP contribution in [0.15, 0.2) is 17.1 Å². The molecule has 0 aromatic heterocycles. The number of allylic oxidation sites excluding steroid dienone is 2. The number of fused-ring (bicyclic) bond motifs is 5. The lowest BCUT2D eigenvalue weighted by Gasteiger charge is -2.21. The molecule has 4 rings (SSSR count). The van der Waals surface area contributed by atoms with E-state index in [1.807, 2.05) is 0 Å². The minimum Gasteiger partial charge on any atom is -0.355 e. The van der Waals surface area contributed by atoms with Gasteiger partial charge in [0.25, 0.3) is 0 Å². The number of halogens is 1. The summed E-state index contributed by atoms with van der Waals surface area (Å²) in [5, 5.41) is 6.59. The highest BCUT2D eigenvalue weighted by atomic mass is 127. The van der Waals surface area contributed by atoms with E-state index in [9.17, 15) is 9.59 Å². The lowest BCUT2D eigenvalue weighted by atomic mass is 9.85. The van der Waals surface area contributed by atoms with Crippen LogP contribution in [0, 0.1) is 23.7 Å². The van der Waals surface area contributed by atoms with Crippen LogP contribution in [0.5, 0.6) is 0 Å². The van der Waals surface area contributed by atoms with Crippen LogP contribution in [0.4, 0.5) is 0 Å². The van der Waals surface area contributed by atoms with Crippen molar-refractivity contribution in [2.45, 2.75) is 12.8 Å². The fraction of sp³-hybridized carbons (Fsp3) is 0.762. The molecule has 168 valence electrons. The molecule has 0 radical (unpaired) electrons. The highest BCUT2D eigenvalue weighted by molar-refractivity contribution is 14.0. The van der Waals surface area contributed by atoms with Crippen LogP contribution in [-0.4, -0.2) is 98.9 Å². The summed E-state index contributed by atoms with van der Waals surface area (Å²) in [6.45, 7) is 7.25. The number of likely N-dealkylation sites (tertiary alicyclic amines) is 1. The number of hydrogen-bond donors (Lipinski definition) is 2. The predicted molar refractivity (Wildman–Crippen MR) is 128 cm³/mol. The second-order valence-corrected chi connectivity index (χ2v) is 8.75. The maximum atomic E-state index is 12.7. The summed E-state index contributed by atoms with van der Waals surface area (Å²) in [4.78, 5) is 36.0. The molecule has 30 heavy (non-hydrogen) atoms. The van der Waals surface area contributed by atoms with Gasteiger partial charge in [-0.05, 0) is 44.8 Å². The van der Waals surface area contributed by atoms with E-state index in [0.29, 0.717) is 13.1 Å². The Kier molecular flexibility index (Phi) is 8.14. The third-order valence-corrected chi connectivity index (χ3v) is 6.95. The average molecular weight is 530 g/mol. The topological polar surface area (TPSA) is 80.3 Å². The summed E-state index contributed by atoms with van der Waals surface area (Å²) in [6, 6.07) is 0. The Morgan fingerprint density at radius 1 is 1.00 bits per heavy atom. The van der Waals surface area contributed by atoms with Crippen molar-refractivity contribution in [3.8, 4) is 0 Å². The van der Waals surface area contributed by atoms with Crippen LogP contribution in [-0.2, 0) is 9.59 Å². The van der Waals surface area contributed by atoms with Crippen molar-refractivity contribution in [3.63, 3.8) is 0 Å². The van der Waals surface area contributed by atoms with Gasteiger partial charge < -0.3 is 20.4 Å². The zero-order valence-electron chi connectivity index (χ0n) is 18.0. The summed E-state index contributed by atoms with van der Waals surface area (Å²) in [5.74, 6) is 1.09. The molecule has 3 fully saturated rings. The minimum absolute atomic E-state index is 0. The molecular weight excluding hydrogens is 495 g/mol. The Bertz CT molecular complexity index is 669. The average Bonchev–Trinajstić information content (AvgIpc) is 3.34. The Hall–Kier alpha value is -1.20. The van der Waals surface area contributed by atoms with E-state index in [-0.39, 0.29) is 59.5 Å². The van der Waals surface area contributed by atoms with Gasteiger partial charge in [0.2, 0.25) is 11.8 Å². The molecule has 2 aliphatic carbocycles. The monoisotopic (exact) mass is 530 g/mol. The van der Waals surface area contributed by atoms with Gasteiger partial charge in [-0.1, -0.05) is 12.2 Å². The number of carbonyl (C=O) groups is 2. The molecule has 9 heteroatoms. The number of nitrogens with one attached hydrogen (secondary N) is 2.